The topological polar surface area (TPSA) is 15.3 Å². The van der Waals surface area contributed by atoms with Gasteiger partial charge >= 0.3 is 0 Å². The zero-order valence-electron chi connectivity index (χ0n) is 11.1. The molecule has 0 heterocycles. The molecule has 0 rings (SSSR count). The Morgan fingerprint density at radius 2 is 2.00 bits per heavy atom. The molecule has 0 amide bonds. The van der Waals surface area contributed by atoms with E-state index in [-0.39, 0.29) is 5.54 Å². The van der Waals surface area contributed by atoms with Crippen molar-refractivity contribution in [2.24, 2.45) is 0 Å². The predicted octanol–water partition coefficient (Wildman–Crippen LogP) is 2.66. The van der Waals surface area contributed by atoms with Gasteiger partial charge in [-0.2, -0.15) is 0 Å². The monoisotopic (exact) mass is 212 g/mol. The molecule has 0 aliphatic rings. The fourth-order valence-electron chi connectivity index (χ4n) is 1.90. The molecule has 1 unspecified atom stereocenters. The van der Waals surface area contributed by atoms with E-state index in [1.165, 1.54) is 6.42 Å². The van der Waals surface area contributed by atoms with Gasteiger partial charge in [0.2, 0.25) is 0 Å². The maximum atomic E-state index is 3.84. The largest absolute Gasteiger partial charge is 0.317 e. The molecule has 15 heavy (non-hydrogen) atoms. The quantitative estimate of drug-likeness (QED) is 0.515. The van der Waals surface area contributed by atoms with Crippen LogP contribution in [0.2, 0.25) is 0 Å². The fraction of sp³-hybridized carbons (Fsp3) is 0.846. The second-order valence-corrected chi connectivity index (χ2v) is 5.10. The van der Waals surface area contributed by atoms with Gasteiger partial charge in [-0.25, -0.2) is 0 Å². The molecule has 0 radical (unpaired) electrons. The van der Waals surface area contributed by atoms with Gasteiger partial charge in [-0.3, -0.25) is 4.90 Å². The van der Waals surface area contributed by atoms with Crippen LogP contribution in [0.5, 0.6) is 0 Å². The molecule has 0 bridgehead atoms. The van der Waals surface area contributed by atoms with Crippen LogP contribution in [-0.4, -0.2) is 36.1 Å². The zero-order chi connectivity index (χ0) is 11.9. The van der Waals surface area contributed by atoms with Crippen molar-refractivity contribution in [3.05, 3.63) is 12.7 Å². The molecule has 1 atom stereocenters. The Kier molecular flexibility index (Phi) is 6.86. The Bertz CT molecular complexity index is 170. The normalized spacial score (nSPS) is 14.3. The summed E-state index contributed by atoms with van der Waals surface area (Å²) in [4.78, 5) is 2.50. The van der Waals surface area contributed by atoms with Crippen molar-refractivity contribution in [3.8, 4) is 0 Å². The van der Waals surface area contributed by atoms with E-state index < -0.39 is 0 Å². The van der Waals surface area contributed by atoms with Crippen molar-refractivity contribution in [2.75, 3.05) is 19.6 Å². The van der Waals surface area contributed by atoms with Gasteiger partial charge in [-0.15, -0.1) is 6.58 Å². The molecule has 1 N–H and O–H groups in total. The van der Waals surface area contributed by atoms with Crippen LogP contribution in [0.3, 0.4) is 0 Å². The molecular formula is C13H28N2. The number of hydrogen-bond donors (Lipinski definition) is 1. The highest BCUT2D eigenvalue weighted by atomic mass is 15.2. The summed E-state index contributed by atoms with van der Waals surface area (Å²) in [5.74, 6) is 0. The minimum absolute atomic E-state index is 0.222. The van der Waals surface area contributed by atoms with Crippen molar-refractivity contribution in [3.63, 3.8) is 0 Å². The fourth-order valence-corrected chi connectivity index (χ4v) is 1.90. The molecule has 0 aromatic rings. The molecule has 0 aromatic heterocycles. The average molecular weight is 212 g/mol. The molecule has 2 nitrogen and oxygen atoms in total. The number of nitrogens with one attached hydrogen (secondary N) is 1. The summed E-state index contributed by atoms with van der Waals surface area (Å²) >= 11 is 0. The Hall–Kier alpha value is -0.340. The zero-order valence-corrected chi connectivity index (χ0v) is 11.1. The third kappa shape index (κ3) is 5.95. The van der Waals surface area contributed by atoms with Crippen LogP contribution in [0.4, 0.5) is 0 Å². The maximum Gasteiger partial charge on any atom is 0.0168 e. The van der Waals surface area contributed by atoms with Crippen LogP contribution < -0.4 is 5.32 Å². The first kappa shape index (κ1) is 14.7. The van der Waals surface area contributed by atoms with Gasteiger partial charge in [0.15, 0.2) is 0 Å². The minimum atomic E-state index is 0.222. The van der Waals surface area contributed by atoms with Crippen molar-refractivity contribution in [1.82, 2.24) is 10.2 Å². The molecule has 0 saturated heterocycles. The van der Waals surface area contributed by atoms with Crippen LogP contribution in [0, 0.1) is 0 Å². The predicted molar refractivity (Wildman–Crippen MR) is 69.3 cm³/mol. The SMILES string of the molecule is C=CCN(C(C)CCNCC)C(C)(C)C. The van der Waals surface area contributed by atoms with E-state index in [0.717, 1.165) is 19.6 Å². The standard InChI is InChI=1S/C13H28N2/c1-7-11-15(13(4,5)6)12(3)9-10-14-8-2/h7,12,14H,1,8-11H2,2-6H3. The first-order valence-corrected chi connectivity index (χ1v) is 6.01. The van der Waals surface area contributed by atoms with Gasteiger partial charge in [0, 0.05) is 18.1 Å². The van der Waals surface area contributed by atoms with Gasteiger partial charge in [0.05, 0.1) is 0 Å². The third-order valence-corrected chi connectivity index (χ3v) is 2.71. The Labute approximate surface area is 95.7 Å². The van der Waals surface area contributed by atoms with Crippen molar-refractivity contribution < 1.29 is 0 Å². The summed E-state index contributed by atoms with van der Waals surface area (Å²) in [6, 6.07) is 0.599. The lowest BCUT2D eigenvalue weighted by Gasteiger charge is -2.39. The van der Waals surface area contributed by atoms with Crippen molar-refractivity contribution in [2.45, 2.75) is 52.6 Å². The molecule has 90 valence electrons. The summed E-state index contributed by atoms with van der Waals surface area (Å²) < 4.78 is 0. The van der Waals surface area contributed by atoms with Gasteiger partial charge in [0.1, 0.15) is 0 Å². The highest BCUT2D eigenvalue weighted by molar-refractivity contribution is 4.86. The second kappa shape index (κ2) is 7.02. The molecule has 2 heteroatoms. The van der Waals surface area contributed by atoms with Crippen LogP contribution >= 0.6 is 0 Å². The molecule has 0 fully saturated rings. The number of rotatable bonds is 7. The van der Waals surface area contributed by atoms with E-state index in [1.807, 2.05) is 6.08 Å². The van der Waals surface area contributed by atoms with Gasteiger partial charge in [0.25, 0.3) is 0 Å². The Morgan fingerprint density at radius 1 is 1.40 bits per heavy atom. The third-order valence-electron chi connectivity index (χ3n) is 2.71. The Balaban J connectivity index is 4.16. The van der Waals surface area contributed by atoms with Crippen LogP contribution in [0.15, 0.2) is 12.7 Å². The molecule has 0 spiro atoms. The molecule has 0 aliphatic heterocycles. The van der Waals surface area contributed by atoms with Crippen molar-refractivity contribution >= 4 is 0 Å². The van der Waals surface area contributed by atoms with Gasteiger partial charge < -0.3 is 5.32 Å². The summed E-state index contributed by atoms with van der Waals surface area (Å²) in [6.07, 6.45) is 3.19. The van der Waals surface area contributed by atoms with Crippen LogP contribution in [-0.2, 0) is 0 Å². The van der Waals surface area contributed by atoms with E-state index in [0.29, 0.717) is 6.04 Å². The molecular weight excluding hydrogens is 184 g/mol. The first-order valence-electron chi connectivity index (χ1n) is 6.01. The van der Waals surface area contributed by atoms with E-state index in [4.69, 9.17) is 0 Å². The van der Waals surface area contributed by atoms with Crippen molar-refractivity contribution in [1.29, 1.82) is 0 Å². The first-order chi connectivity index (χ1) is 6.93. The van der Waals surface area contributed by atoms with Gasteiger partial charge in [-0.1, -0.05) is 13.0 Å². The maximum absolute atomic E-state index is 3.84. The van der Waals surface area contributed by atoms with E-state index in [1.54, 1.807) is 0 Å². The molecule has 0 aliphatic carbocycles. The van der Waals surface area contributed by atoms with E-state index in [2.05, 4.69) is 51.4 Å². The lowest BCUT2D eigenvalue weighted by Crippen LogP contribution is -2.47. The summed E-state index contributed by atoms with van der Waals surface area (Å²) in [7, 11) is 0. The van der Waals surface area contributed by atoms with Crippen LogP contribution in [0.1, 0.15) is 41.0 Å². The highest BCUT2D eigenvalue weighted by Crippen LogP contribution is 2.18. The number of hydrogen-bond acceptors (Lipinski definition) is 2. The smallest absolute Gasteiger partial charge is 0.0168 e. The second-order valence-electron chi connectivity index (χ2n) is 5.10. The molecule has 0 aromatic carbocycles. The summed E-state index contributed by atoms with van der Waals surface area (Å²) in [6.45, 7) is 18.2. The lowest BCUT2D eigenvalue weighted by atomic mass is 10.0. The summed E-state index contributed by atoms with van der Waals surface area (Å²) in [5, 5.41) is 3.38. The van der Waals surface area contributed by atoms with E-state index >= 15 is 0 Å². The highest BCUT2D eigenvalue weighted by Gasteiger charge is 2.24. The summed E-state index contributed by atoms with van der Waals surface area (Å²) in [5.41, 5.74) is 0.222. The Morgan fingerprint density at radius 3 is 2.40 bits per heavy atom. The minimum Gasteiger partial charge on any atom is -0.317 e. The van der Waals surface area contributed by atoms with Gasteiger partial charge in [-0.05, 0) is 47.2 Å². The van der Waals surface area contributed by atoms with Crippen LogP contribution in [0.25, 0.3) is 0 Å². The molecule has 0 saturated carbocycles. The number of nitrogens with zero attached hydrogens (tertiary/aromatic N) is 1. The van der Waals surface area contributed by atoms with E-state index in [9.17, 15) is 0 Å². The lowest BCUT2D eigenvalue weighted by molar-refractivity contribution is 0.101. The average Bonchev–Trinajstić information content (AvgIpc) is 2.12.